The predicted octanol–water partition coefficient (Wildman–Crippen LogP) is 0.438. The molecule has 110 valence electrons. The van der Waals surface area contributed by atoms with E-state index in [4.69, 9.17) is 0 Å². The number of carbonyl (C=O) groups is 2. The van der Waals surface area contributed by atoms with E-state index in [0.29, 0.717) is 11.2 Å². The lowest BCUT2D eigenvalue weighted by Crippen LogP contribution is -2.41. The summed E-state index contributed by atoms with van der Waals surface area (Å²) in [5, 5.41) is 12.3. The molecule has 0 unspecified atom stereocenters. The van der Waals surface area contributed by atoms with Crippen molar-refractivity contribution in [2.75, 3.05) is 5.75 Å². The molecule has 1 saturated carbocycles. The molecule has 0 spiro atoms. The Bertz CT molecular complexity index is 471. The van der Waals surface area contributed by atoms with Crippen LogP contribution in [0.3, 0.4) is 0 Å². The molecule has 0 radical (unpaired) electrons. The van der Waals surface area contributed by atoms with Gasteiger partial charge in [0.1, 0.15) is 0 Å². The highest BCUT2D eigenvalue weighted by Crippen LogP contribution is 2.29. The third-order valence-corrected chi connectivity index (χ3v) is 4.03. The smallest absolute Gasteiger partial charge is 0.248 e. The molecule has 9 heteroatoms. The molecule has 0 bridgehead atoms. The minimum atomic E-state index is -0.310. The van der Waals surface area contributed by atoms with Crippen LogP contribution >= 0.6 is 11.8 Å². The molecule has 1 aromatic heterocycles. The van der Waals surface area contributed by atoms with Gasteiger partial charge < -0.3 is 0 Å². The van der Waals surface area contributed by atoms with Gasteiger partial charge in [0.15, 0.2) is 0 Å². The highest BCUT2D eigenvalue weighted by molar-refractivity contribution is 7.99. The summed E-state index contributed by atoms with van der Waals surface area (Å²) < 4.78 is 1.81. The summed E-state index contributed by atoms with van der Waals surface area (Å²) in [7, 11) is 0. The van der Waals surface area contributed by atoms with Crippen LogP contribution < -0.4 is 10.9 Å². The Labute approximate surface area is 121 Å². The molecule has 0 aliphatic heterocycles. The van der Waals surface area contributed by atoms with Crippen molar-refractivity contribution >= 4 is 23.6 Å². The van der Waals surface area contributed by atoms with Gasteiger partial charge in [-0.3, -0.25) is 20.4 Å². The van der Waals surface area contributed by atoms with Gasteiger partial charge >= 0.3 is 0 Å². The zero-order valence-corrected chi connectivity index (χ0v) is 12.2. The van der Waals surface area contributed by atoms with Gasteiger partial charge in [-0.25, -0.2) is 4.68 Å². The largest absolute Gasteiger partial charge is 0.274 e. The van der Waals surface area contributed by atoms with Gasteiger partial charge in [-0.05, 0) is 23.3 Å². The predicted molar refractivity (Wildman–Crippen MR) is 72.6 cm³/mol. The first-order valence-electron chi connectivity index (χ1n) is 6.63. The van der Waals surface area contributed by atoms with Gasteiger partial charge in [0.25, 0.3) is 0 Å². The second-order valence-corrected chi connectivity index (χ2v) is 5.66. The molecule has 0 saturated heterocycles. The molecule has 1 fully saturated rings. The topological polar surface area (TPSA) is 102 Å². The van der Waals surface area contributed by atoms with Crippen LogP contribution in [0.2, 0.25) is 0 Å². The normalized spacial score (nSPS) is 15.8. The van der Waals surface area contributed by atoms with Crippen molar-refractivity contribution in [3.63, 3.8) is 0 Å². The van der Waals surface area contributed by atoms with E-state index < -0.39 is 0 Å². The van der Waals surface area contributed by atoms with E-state index >= 15 is 0 Å². The van der Waals surface area contributed by atoms with Crippen LogP contribution in [0.1, 0.15) is 45.1 Å². The quantitative estimate of drug-likeness (QED) is 0.617. The Balaban J connectivity index is 1.85. The first-order chi connectivity index (χ1) is 9.66. The van der Waals surface area contributed by atoms with Crippen LogP contribution in [0.25, 0.3) is 0 Å². The molecular formula is C11H18N6O2S. The number of nitrogens with zero attached hydrogens (tertiary/aromatic N) is 4. The molecule has 1 aromatic rings. The van der Waals surface area contributed by atoms with Crippen LogP contribution in [0.5, 0.6) is 0 Å². The molecule has 2 N–H and O–H groups in total. The van der Waals surface area contributed by atoms with E-state index in [1.807, 2.05) is 4.68 Å². The first kappa shape index (κ1) is 14.8. The van der Waals surface area contributed by atoms with Crippen LogP contribution in [0, 0.1) is 0 Å². The first-order valence-corrected chi connectivity index (χ1v) is 7.61. The van der Waals surface area contributed by atoms with Crippen molar-refractivity contribution < 1.29 is 9.59 Å². The summed E-state index contributed by atoms with van der Waals surface area (Å²) in [5.41, 5.74) is 4.55. The number of amides is 2. The maximum Gasteiger partial charge on any atom is 0.248 e. The Hall–Kier alpha value is -1.64. The molecule has 2 amide bonds. The number of hydrogen-bond donors (Lipinski definition) is 2. The van der Waals surface area contributed by atoms with Crippen molar-refractivity contribution in [1.29, 1.82) is 0 Å². The maximum atomic E-state index is 11.5. The fourth-order valence-corrected chi connectivity index (χ4v) is 2.90. The summed E-state index contributed by atoms with van der Waals surface area (Å²) in [4.78, 5) is 22.2. The number of carbonyl (C=O) groups excluding carboxylic acids is 2. The third-order valence-electron chi connectivity index (χ3n) is 3.09. The fourth-order valence-electron chi connectivity index (χ4n) is 2.16. The van der Waals surface area contributed by atoms with E-state index in [0.717, 1.165) is 12.8 Å². The standard InChI is InChI=1S/C11H18N6O2S/c1-8(18)12-13-10(19)7-20-11-14-15-16-17(11)9-5-3-2-4-6-9/h9H,2-7H2,1H3,(H,12,18)(H,13,19). The lowest BCUT2D eigenvalue weighted by Gasteiger charge is -2.21. The number of rotatable bonds is 4. The van der Waals surface area contributed by atoms with E-state index in [-0.39, 0.29) is 17.6 Å². The van der Waals surface area contributed by atoms with Gasteiger partial charge in [0.2, 0.25) is 17.0 Å². The minimum Gasteiger partial charge on any atom is -0.274 e. The summed E-state index contributed by atoms with van der Waals surface area (Å²) in [6.45, 7) is 1.33. The van der Waals surface area contributed by atoms with Crippen molar-refractivity contribution in [3.8, 4) is 0 Å². The number of hydrogen-bond acceptors (Lipinski definition) is 6. The average molecular weight is 298 g/mol. The Kier molecular flexibility index (Phi) is 5.33. The molecular weight excluding hydrogens is 280 g/mol. The van der Waals surface area contributed by atoms with E-state index in [1.54, 1.807) is 0 Å². The number of hydrazine groups is 1. The molecule has 0 aromatic carbocycles. The van der Waals surface area contributed by atoms with E-state index in [1.165, 1.54) is 37.9 Å². The highest BCUT2D eigenvalue weighted by Gasteiger charge is 2.20. The SMILES string of the molecule is CC(=O)NNC(=O)CSc1nnnn1C1CCCCC1. The van der Waals surface area contributed by atoms with Crippen LogP contribution in [-0.2, 0) is 9.59 Å². The lowest BCUT2D eigenvalue weighted by atomic mass is 9.96. The van der Waals surface area contributed by atoms with Gasteiger partial charge in [-0.15, -0.1) is 5.10 Å². The number of aromatic nitrogens is 4. The molecule has 2 rings (SSSR count). The molecule has 1 heterocycles. The molecule has 8 nitrogen and oxygen atoms in total. The zero-order chi connectivity index (χ0) is 14.4. The van der Waals surface area contributed by atoms with Crippen molar-refractivity contribution in [3.05, 3.63) is 0 Å². The maximum absolute atomic E-state index is 11.5. The summed E-state index contributed by atoms with van der Waals surface area (Å²) in [5.74, 6) is -0.438. The van der Waals surface area contributed by atoms with Gasteiger partial charge in [0.05, 0.1) is 11.8 Å². The molecule has 1 aliphatic rings. The van der Waals surface area contributed by atoms with Gasteiger partial charge in [-0.2, -0.15) is 0 Å². The van der Waals surface area contributed by atoms with Crippen molar-refractivity contribution in [1.82, 2.24) is 31.1 Å². The number of nitrogens with one attached hydrogen (secondary N) is 2. The van der Waals surface area contributed by atoms with Crippen LogP contribution in [-0.4, -0.2) is 37.8 Å². The number of thioether (sulfide) groups is 1. The second-order valence-electron chi connectivity index (χ2n) is 4.72. The Morgan fingerprint density at radius 1 is 1.30 bits per heavy atom. The summed E-state index contributed by atoms with van der Waals surface area (Å²) in [6, 6.07) is 0.333. The summed E-state index contributed by atoms with van der Waals surface area (Å²) >= 11 is 1.27. The Morgan fingerprint density at radius 3 is 2.75 bits per heavy atom. The van der Waals surface area contributed by atoms with Gasteiger partial charge in [-0.1, -0.05) is 31.0 Å². The third kappa shape index (κ3) is 4.19. The monoisotopic (exact) mass is 298 g/mol. The van der Waals surface area contributed by atoms with Crippen molar-refractivity contribution in [2.24, 2.45) is 0 Å². The second kappa shape index (κ2) is 7.22. The van der Waals surface area contributed by atoms with E-state index in [9.17, 15) is 9.59 Å². The molecule has 0 atom stereocenters. The Morgan fingerprint density at radius 2 is 2.05 bits per heavy atom. The summed E-state index contributed by atoms with van der Waals surface area (Å²) in [6.07, 6.45) is 5.81. The van der Waals surface area contributed by atoms with Crippen LogP contribution in [0.4, 0.5) is 0 Å². The number of tetrazole rings is 1. The lowest BCUT2D eigenvalue weighted by molar-refractivity contribution is -0.126. The van der Waals surface area contributed by atoms with Gasteiger partial charge in [0, 0.05) is 6.92 Å². The zero-order valence-electron chi connectivity index (χ0n) is 11.3. The van der Waals surface area contributed by atoms with Crippen molar-refractivity contribution in [2.45, 2.75) is 50.2 Å². The fraction of sp³-hybridized carbons (Fsp3) is 0.727. The highest BCUT2D eigenvalue weighted by atomic mass is 32.2. The minimum absolute atomic E-state index is 0.160. The molecule has 1 aliphatic carbocycles. The molecule has 20 heavy (non-hydrogen) atoms. The average Bonchev–Trinajstić information content (AvgIpc) is 2.92. The van der Waals surface area contributed by atoms with Crippen LogP contribution in [0.15, 0.2) is 5.16 Å². The van der Waals surface area contributed by atoms with E-state index in [2.05, 4.69) is 26.4 Å².